The van der Waals surface area contributed by atoms with Crippen molar-refractivity contribution in [3.63, 3.8) is 0 Å². The number of amides is 1. The molecule has 3 aromatic rings. The number of carbonyl (C=O) groups is 1. The van der Waals surface area contributed by atoms with E-state index in [0.717, 1.165) is 52.8 Å². The van der Waals surface area contributed by atoms with Gasteiger partial charge in [-0.3, -0.25) is 4.90 Å². The second kappa shape index (κ2) is 11.8. The molecule has 2 bridgehead atoms. The van der Waals surface area contributed by atoms with Crippen LogP contribution in [-0.2, 0) is 9.47 Å². The number of hydrogen-bond acceptors (Lipinski definition) is 9. The van der Waals surface area contributed by atoms with Crippen LogP contribution >= 0.6 is 11.3 Å². The number of nitrogens with one attached hydrogen (secondary N) is 1. The summed E-state index contributed by atoms with van der Waals surface area (Å²) in [6.07, 6.45) is 4.82. The number of piperidine rings is 1. The first-order chi connectivity index (χ1) is 20.9. The summed E-state index contributed by atoms with van der Waals surface area (Å²) in [5.41, 5.74) is 5.76. The lowest BCUT2D eigenvalue weighted by atomic mass is 9.96. The van der Waals surface area contributed by atoms with E-state index < -0.39 is 29.7 Å². The molecule has 3 aliphatic rings. The molecular formula is C32H40F2N6O3S. The molecule has 6 rings (SSSR count). The normalized spacial score (nSPS) is 25.2. The van der Waals surface area contributed by atoms with Crippen molar-refractivity contribution in [1.82, 2.24) is 25.4 Å². The maximum absolute atomic E-state index is 15.0. The van der Waals surface area contributed by atoms with Gasteiger partial charge in [-0.2, -0.15) is 0 Å². The van der Waals surface area contributed by atoms with E-state index in [2.05, 4.69) is 33.5 Å². The molecule has 4 unspecified atom stereocenters. The Hall–Kier alpha value is -3.38. The van der Waals surface area contributed by atoms with Crippen molar-refractivity contribution in [3.05, 3.63) is 41.5 Å². The molecule has 1 amide bonds. The molecule has 9 nitrogen and oxygen atoms in total. The van der Waals surface area contributed by atoms with Gasteiger partial charge < -0.3 is 19.7 Å². The van der Waals surface area contributed by atoms with Crippen LogP contribution in [0.25, 0.3) is 27.0 Å². The Morgan fingerprint density at radius 2 is 2.02 bits per heavy atom. The largest absolute Gasteiger partial charge is 0.444 e. The highest BCUT2D eigenvalue weighted by Gasteiger charge is 2.60. The van der Waals surface area contributed by atoms with Gasteiger partial charge in [-0.1, -0.05) is 12.1 Å². The van der Waals surface area contributed by atoms with Crippen molar-refractivity contribution in [2.75, 3.05) is 18.6 Å². The smallest absolute Gasteiger partial charge is 0.411 e. The average Bonchev–Trinajstić information content (AvgIpc) is 3.54. The number of alkyl halides is 2. The first kappa shape index (κ1) is 30.6. The van der Waals surface area contributed by atoms with Crippen LogP contribution in [-0.4, -0.2) is 75.7 Å². The van der Waals surface area contributed by atoms with E-state index in [4.69, 9.17) is 9.47 Å². The third-order valence-electron chi connectivity index (χ3n) is 8.78. The summed E-state index contributed by atoms with van der Waals surface area (Å²) < 4.78 is 42.3. The maximum atomic E-state index is 15.0. The molecule has 0 aliphatic carbocycles. The lowest BCUT2D eigenvalue weighted by Crippen LogP contribution is -2.55. The van der Waals surface area contributed by atoms with Crippen LogP contribution in [0.1, 0.15) is 71.8 Å². The number of carbonyl (C=O) groups excluding carboxylic acids is 1. The molecule has 44 heavy (non-hydrogen) atoms. The number of rotatable bonds is 6. The number of aromatic nitrogens is 3. The minimum Gasteiger partial charge on any atom is -0.444 e. The SMILES string of the molecule is C/C(=C\NC1CCCCO1)c1ccc(-c2ccc(N(C)C3CC4CC(F)(F)C(C3)N4C(=O)OC(C)(C)C)nn2)c2scnc12. The maximum Gasteiger partial charge on any atom is 0.411 e. The van der Waals surface area contributed by atoms with Gasteiger partial charge in [0.2, 0.25) is 0 Å². The Labute approximate surface area is 260 Å². The Balaban J connectivity index is 1.17. The van der Waals surface area contributed by atoms with Gasteiger partial charge in [-0.15, -0.1) is 21.5 Å². The molecule has 2 aromatic heterocycles. The highest BCUT2D eigenvalue weighted by molar-refractivity contribution is 7.17. The third kappa shape index (κ3) is 6.10. The van der Waals surface area contributed by atoms with Crippen LogP contribution in [0, 0.1) is 0 Å². The molecule has 4 atom stereocenters. The lowest BCUT2D eigenvalue weighted by molar-refractivity contribution is -0.0492. The molecule has 12 heteroatoms. The third-order valence-corrected chi connectivity index (χ3v) is 9.64. The number of fused-ring (bicyclic) bond motifs is 3. The van der Waals surface area contributed by atoms with Crippen molar-refractivity contribution in [3.8, 4) is 11.3 Å². The van der Waals surface area contributed by atoms with Crippen LogP contribution in [0.15, 0.2) is 36.0 Å². The number of anilines is 1. The summed E-state index contributed by atoms with van der Waals surface area (Å²) in [5.74, 6) is -2.37. The zero-order valence-corrected chi connectivity index (χ0v) is 26.7. The zero-order valence-electron chi connectivity index (χ0n) is 25.8. The van der Waals surface area contributed by atoms with E-state index in [0.29, 0.717) is 17.9 Å². The second-order valence-corrected chi connectivity index (χ2v) is 13.9. The van der Waals surface area contributed by atoms with E-state index in [1.54, 1.807) is 32.1 Å². The van der Waals surface area contributed by atoms with Crippen molar-refractivity contribution >= 4 is 39.0 Å². The molecule has 0 spiro atoms. The Bertz CT molecular complexity index is 1530. The topological polar surface area (TPSA) is 92.7 Å². The monoisotopic (exact) mass is 626 g/mol. The van der Waals surface area contributed by atoms with Gasteiger partial charge in [-0.05, 0) is 77.5 Å². The molecule has 3 saturated heterocycles. The van der Waals surface area contributed by atoms with Crippen molar-refractivity contribution < 1.29 is 23.0 Å². The predicted molar refractivity (Wildman–Crippen MR) is 168 cm³/mol. The number of thiazole rings is 1. The molecule has 3 aliphatic heterocycles. The minimum absolute atomic E-state index is 0.0417. The molecular weight excluding hydrogens is 586 g/mol. The van der Waals surface area contributed by atoms with Crippen LogP contribution in [0.2, 0.25) is 0 Å². The van der Waals surface area contributed by atoms with E-state index in [9.17, 15) is 4.79 Å². The first-order valence-corrected chi connectivity index (χ1v) is 16.2. The Morgan fingerprint density at radius 3 is 2.70 bits per heavy atom. The number of halogens is 2. The molecule has 0 saturated carbocycles. The summed E-state index contributed by atoms with van der Waals surface area (Å²) in [4.78, 5) is 20.7. The van der Waals surface area contributed by atoms with Crippen molar-refractivity contribution in [2.24, 2.45) is 0 Å². The fourth-order valence-electron chi connectivity index (χ4n) is 6.55. The van der Waals surface area contributed by atoms with Gasteiger partial charge in [0.05, 0.1) is 21.4 Å². The van der Waals surface area contributed by atoms with E-state index in [-0.39, 0.29) is 25.1 Å². The zero-order chi connectivity index (χ0) is 31.2. The van der Waals surface area contributed by atoms with Gasteiger partial charge in [0, 0.05) is 49.5 Å². The molecule has 3 fully saturated rings. The summed E-state index contributed by atoms with van der Waals surface area (Å²) in [6, 6.07) is 5.87. The lowest BCUT2D eigenvalue weighted by Gasteiger charge is -2.42. The van der Waals surface area contributed by atoms with E-state index in [1.165, 1.54) is 4.90 Å². The number of nitrogens with zero attached hydrogens (tertiary/aromatic N) is 5. The van der Waals surface area contributed by atoms with Gasteiger partial charge in [0.1, 0.15) is 17.9 Å². The van der Waals surface area contributed by atoms with Crippen LogP contribution < -0.4 is 10.2 Å². The fraction of sp³-hybridized carbons (Fsp3) is 0.562. The Kier molecular flexibility index (Phi) is 8.25. The van der Waals surface area contributed by atoms with Gasteiger partial charge in [-0.25, -0.2) is 18.6 Å². The number of ether oxygens (including phenoxy) is 2. The number of hydrogen-bond donors (Lipinski definition) is 1. The summed E-state index contributed by atoms with van der Waals surface area (Å²) in [7, 11) is 1.85. The highest BCUT2D eigenvalue weighted by atomic mass is 32.1. The summed E-state index contributed by atoms with van der Waals surface area (Å²) in [5, 5.41) is 12.4. The summed E-state index contributed by atoms with van der Waals surface area (Å²) in [6.45, 7) is 8.08. The molecule has 0 radical (unpaired) electrons. The standard InChI is InChI=1S/C32H40F2N6O3S/c1-19(17-35-27-8-6-7-13-42-27)22-9-10-23(29-28(22)36-18-44-29)24-11-12-26(38-37-24)39(5)20-14-21-16-32(33,34)25(15-20)40(21)30(41)43-31(2,3)4/h9-12,17-18,20-21,25,27,35H,6-8,13-16H2,1-5H3/b19-17+. The van der Waals surface area contributed by atoms with Crippen molar-refractivity contribution in [1.29, 1.82) is 0 Å². The van der Waals surface area contributed by atoms with Crippen LogP contribution in [0.5, 0.6) is 0 Å². The summed E-state index contributed by atoms with van der Waals surface area (Å²) >= 11 is 1.56. The predicted octanol–water partition coefficient (Wildman–Crippen LogP) is 6.84. The fourth-order valence-corrected chi connectivity index (χ4v) is 7.38. The van der Waals surface area contributed by atoms with Crippen molar-refractivity contribution in [2.45, 2.75) is 102 Å². The molecule has 5 heterocycles. The Morgan fingerprint density at radius 1 is 1.20 bits per heavy atom. The highest BCUT2D eigenvalue weighted by Crippen LogP contribution is 2.47. The first-order valence-electron chi connectivity index (χ1n) is 15.3. The molecule has 1 aromatic carbocycles. The van der Waals surface area contributed by atoms with E-state index in [1.807, 2.05) is 41.9 Å². The number of benzene rings is 1. The van der Waals surface area contributed by atoms with Crippen LogP contribution in [0.4, 0.5) is 19.4 Å². The van der Waals surface area contributed by atoms with Gasteiger partial charge >= 0.3 is 6.09 Å². The van der Waals surface area contributed by atoms with Gasteiger partial charge in [0.15, 0.2) is 5.82 Å². The van der Waals surface area contributed by atoms with E-state index >= 15 is 8.78 Å². The molecule has 1 N–H and O–H groups in total. The van der Waals surface area contributed by atoms with Crippen LogP contribution in [0.3, 0.4) is 0 Å². The second-order valence-electron chi connectivity index (χ2n) is 13.1. The average molecular weight is 627 g/mol. The molecule has 236 valence electrons. The minimum atomic E-state index is -2.97. The quantitative estimate of drug-likeness (QED) is 0.318. The number of allylic oxidation sites excluding steroid dienone is 1. The van der Waals surface area contributed by atoms with Gasteiger partial charge in [0.25, 0.3) is 5.92 Å².